The number of aromatic nitrogens is 2. The van der Waals surface area contributed by atoms with E-state index in [-0.39, 0.29) is 11.7 Å². The van der Waals surface area contributed by atoms with Crippen molar-refractivity contribution in [1.82, 2.24) is 14.9 Å². The molecule has 1 aliphatic rings. The second-order valence-electron chi connectivity index (χ2n) is 4.40. The molecule has 0 radical (unpaired) electrons. The van der Waals surface area contributed by atoms with Crippen molar-refractivity contribution in [2.45, 2.75) is 16.8 Å². The first-order valence-electron chi connectivity index (χ1n) is 5.83. The van der Waals surface area contributed by atoms with Crippen molar-refractivity contribution in [3.8, 4) is 0 Å². The van der Waals surface area contributed by atoms with E-state index >= 15 is 0 Å². The Labute approximate surface area is 116 Å². The lowest BCUT2D eigenvalue weighted by atomic mass is 10.4. The summed E-state index contributed by atoms with van der Waals surface area (Å²) in [6.45, 7) is 0.806. The molecule has 1 aromatic rings. The van der Waals surface area contributed by atoms with Gasteiger partial charge in [0.25, 0.3) is 0 Å². The first-order valence-corrected chi connectivity index (χ1v) is 8.77. The van der Waals surface area contributed by atoms with Gasteiger partial charge in [0.2, 0.25) is 5.91 Å². The van der Waals surface area contributed by atoms with Crippen molar-refractivity contribution < 1.29 is 13.2 Å². The summed E-state index contributed by atoms with van der Waals surface area (Å²) in [6.07, 6.45) is 4.99. The fourth-order valence-corrected chi connectivity index (χ4v) is 3.57. The summed E-state index contributed by atoms with van der Waals surface area (Å²) in [4.78, 5) is 21.6. The molecule has 1 aliphatic heterocycles. The van der Waals surface area contributed by atoms with E-state index in [1.807, 2.05) is 0 Å². The van der Waals surface area contributed by atoms with Gasteiger partial charge in [0.1, 0.15) is 0 Å². The molecule has 0 aromatic carbocycles. The lowest BCUT2D eigenvalue weighted by Gasteiger charge is -2.15. The first kappa shape index (κ1) is 14.3. The van der Waals surface area contributed by atoms with Gasteiger partial charge >= 0.3 is 0 Å². The average molecular weight is 301 g/mol. The summed E-state index contributed by atoms with van der Waals surface area (Å²) < 4.78 is 22.8. The molecule has 8 heteroatoms. The molecule has 0 bridgehead atoms. The van der Waals surface area contributed by atoms with Gasteiger partial charge in [-0.25, -0.2) is 18.4 Å². The maximum Gasteiger partial charge on any atom is 0.233 e. The van der Waals surface area contributed by atoms with Crippen molar-refractivity contribution in [3.63, 3.8) is 0 Å². The molecule has 2 rings (SSSR count). The first-order chi connectivity index (χ1) is 8.97. The van der Waals surface area contributed by atoms with Crippen LogP contribution in [0.4, 0.5) is 0 Å². The molecule has 0 saturated carbocycles. The Balaban J connectivity index is 1.85. The highest BCUT2D eigenvalue weighted by atomic mass is 32.2. The topological polar surface area (TPSA) is 80.2 Å². The van der Waals surface area contributed by atoms with E-state index in [0.717, 1.165) is 0 Å². The van der Waals surface area contributed by atoms with Crippen LogP contribution in [0.3, 0.4) is 0 Å². The molecule has 0 N–H and O–H groups in total. The smallest absolute Gasteiger partial charge is 0.233 e. The zero-order chi connectivity index (χ0) is 13.9. The van der Waals surface area contributed by atoms with Crippen LogP contribution in [-0.4, -0.2) is 59.5 Å². The van der Waals surface area contributed by atoms with Gasteiger partial charge in [0, 0.05) is 31.7 Å². The molecular weight excluding hydrogens is 286 g/mol. The van der Waals surface area contributed by atoms with Crippen molar-refractivity contribution in [2.75, 3.05) is 25.1 Å². The van der Waals surface area contributed by atoms with E-state index in [1.165, 1.54) is 18.0 Å². The molecular formula is C11H15N3O3S2. The minimum Gasteiger partial charge on any atom is -0.341 e. The van der Waals surface area contributed by atoms with Gasteiger partial charge in [-0.15, -0.1) is 0 Å². The molecule has 19 heavy (non-hydrogen) atoms. The summed E-state index contributed by atoms with van der Waals surface area (Å²) in [5.74, 6) is 0.170. The Morgan fingerprint density at radius 3 is 2.74 bits per heavy atom. The molecule has 1 amide bonds. The summed E-state index contributed by atoms with van der Waals surface area (Å²) in [5, 5.41) is 0.129. The Morgan fingerprint density at radius 1 is 1.47 bits per heavy atom. The highest BCUT2D eigenvalue weighted by Gasteiger charge is 2.32. The van der Waals surface area contributed by atoms with Crippen LogP contribution in [0.1, 0.15) is 6.42 Å². The SMILES string of the molecule is CS(=O)(=O)C1CCN(C(=O)CSc2ncccn2)C1. The minimum atomic E-state index is -3.06. The van der Waals surface area contributed by atoms with Gasteiger partial charge in [-0.1, -0.05) is 11.8 Å². The lowest BCUT2D eigenvalue weighted by Crippen LogP contribution is -2.32. The van der Waals surface area contributed by atoms with Crippen LogP contribution in [-0.2, 0) is 14.6 Å². The third kappa shape index (κ3) is 3.90. The van der Waals surface area contributed by atoms with Crippen LogP contribution < -0.4 is 0 Å². The molecule has 1 atom stereocenters. The Morgan fingerprint density at radius 2 is 2.16 bits per heavy atom. The highest BCUT2D eigenvalue weighted by Crippen LogP contribution is 2.18. The monoisotopic (exact) mass is 301 g/mol. The largest absolute Gasteiger partial charge is 0.341 e. The number of carbonyl (C=O) groups excluding carboxylic acids is 1. The van der Waals surface area contributed by atoms with Crippen molar-refractivity contribution in [2.24, 2.45) is 0 Å². The fraction of sp³-hybridized carbons (Fsp3) is 0.545. The molecule has 0 spiro atoms. The summed E-state index contributed by atoms with van der Waals surface area (Å²) in [5.41, 5.74) is 0. The van der Waals surface area contributed by atoms with Crippen molar-refractivity contribution >= 4 is 27.5 Å². The zero-order valence-corrected chi connectivity index (χ0v) is 12.2. The van der Waals surface area contributed by atoms with Crippen LogP contribution >= 0.6 is 11.8 Å². The number of amides is 1. The summed E-state index contributed by atoms with van der Waals surface area (Å²) in [6, 6.07) is 1.71. The maximum atomic E-state index is 11.9. The number of nitrogens with zero attached hydrogens (tertiary/aromatic N) is 3. The van der Waals surface area contributed by atoms with Gasteiger partial charge in [-0.05, 0) is 12.5 Å². The molecule has 1 aromatic heterocycles. The van der Waals surface area contributed by atoms with Gasteiger partial charge in [-0.2, -0.15) is 0 Å². The second kappa shape index (κ2) is 5.87. The molecule has 1 saturated heterocycles. The van der Waals surface area contributed by atoms with Crippen LogP contribution in [0.15, 0.2) is 23.6 Å². The van der Waals surface area contributed by atoms with Crippen molar-refractivity contribution in [1.29, 1.82) is 0 Å². The molecule has 104 valence electrons. The lowest BCUT2D eigenvalue weighted by molar-refractivity contribution is -0.127. The number of hydrogen-bond donors (Lipinski definition) is 0. The molecule has 1 unspecified atom stereocenters. The minimum absolute atomic E-state index is 0.0661. The Bertz CT molecular complexity index is 548. The van der Waals surface area contributed by atoms with E-state index in [0.29, 0.717) is 24.7 Å². The highest BCUT2D eigenvalue weighted by molar-refractivity contribution is 7.99. The van der Waals surface area contributed by atoms with Gasteiger partial charge in [-0.3, -0.25) is 4.79 Å². The number of carbonyl (C=O) groups is 1. The molecule has 6 nitrogen and oxygen atoms in total. The normalized spacial score (nSPS) is 19.6. The Kier molecular flexibility index (Phi) is 4.41. The zero-order valence-electron chi connectivity index (χ0n) is 10.5. The van der Waals surface area contributed by atoms with E-state index in [9.17, 15) is 13.2 Å². The van der Waals surface area contributed by atoms with Crippen LogP contribution in [0, 0.1) is 0 Å². The fourth-order valence-electron chi connectivity index (χ4n) is 1.88. The second-order valence-corrected chi connectivity index (χ2v) is 7.67. The Hall–Kier alpha value is -1.15. The predicted molar refractivity (Wildman–Crippen MR) is 72.6 cm³/mol. The van der Waals surface area contributed by atoms with E-state index in [2.05, 4.69) is 9.97 Å². The van der Waals surface area contributed by atoms with Crippen LogP contribution in [0.5, 0.6) is 0 Å². The average Bonchev–Trinajstić information content (AvgIpc) is 2.87. The maximum absolute atomic E-state index is 11.9. The van der Waals surface area contributed by atoms with Crippen LogP contribution in [0.2, 0.25) is 0 Å². The van der Waals surface area contributed by atoms with Gasteiger partial charge in [0.05, 0.1) is 11.0 Å². The number of rotatable bonds is 4. The molecule has 0 aliphatic carbocycles. The van der Waals surface area contributed by atoms with E-state index < -0.39 is 15.1 Å². The van der Waals surface area contributed by atoms with E-state index in [1.54, 1.807) is 23.4 Å². The third-order valence-electron chi connectivity index (χ3n) is 2.97. The standard InChI is InChI=1S/C11H15N3O3S2/c1-19(16,17)9-3-6-14(7-9)10(15)8-18-11-12-4-2-5-13-11/h2,4-5,9H,3,6-8H2,1H3. The quantitative estimate of drug-likeness (QED) is 0.584. The number of likely N-dealkylation sites (tertiary alicyclic amines) is 1. The number of thioether (sulfide) groups is 1. The van der Waals surface area contributed by atoms with Gasteiger partial charge < -0.3 is 4.90 Å². The number of sulfone groups is 1. The van der Waals surface area contributed by atoms with E-state index in [4.69, 9.17) is 0 Å². The molecule has 1 fully saturated rings. The summed E-state index contributed by atoms with van der Waals surface area (Å²) in [7, 11) is -3.06. The van der Waals surface area contributed by atoms with Crippen LogP contribution in [0.25, 0.3) is 0 Å². The van der Waals surface area contributed by atoms with Crippen molar-refractivity contribution in [3.05, 3.63) is 18.5 Å². The predicted octanol–water partition coefficient (Wildman–Crippen LogP) is 0.214. The molecule has 2 heterocycles. The van der Waals surface area contributed by atoms with Gasteiger partial charge in [0.15, 0.2) is 15.0 Å². The summed E-state index contributed by atoms with van der Waals surface area (Å²) >= 11 is 1.26. The third-order valence-corrected chi connectivity index (χ3v) is 5.43. The number of hydrogen-bond acceptors (Lipinski definition) is 6.